The molecule has 3 heteroatoms. The zero-order chi connectivity index (χ0) is 12.0. The lowest BCUT2D eigenvalue weighted by atomic mass is 10.1. The number of hydrogen-bond donors (Lipinski definition) is 1. The van der Waals surface area contributed by atoms with E-state index in [1.54, 1.807) is 0 Å². The van der Waals surface area contributed by atoms with Crippen LogP contribution < -0.4 is 0 Å². The predicted molar refractivity (Wildman–Crippen MR) is 68.3 cm³/mol. The average molecular weight is 230 g/mol. The maximum atomic E-state index is 9.13. The summed E-state index contributed by atoms with van der Waals surface area (Å²) in [7, 11) is 0. The van der Waals surface area contributed by atoms with Crippen molar-refractivity contribution in [3.63, 3.8) is 0 Å². The Balaban J connectivity index is 2.23. The van der Waals surface area contributed by atoms with Crippen molar-refractivity contribution in [2.24, 2.45) is 0 Å². The third kappa shape index (κ3) is 1.75. The summed E-state index contributed by atoms with van der Waals surface area (Å²) in [6, 6.07) is 5.00. The molecular weight excluding hydrogens is 212 g/mol. The van der Waals surface area contributed by atoms with Gasteiger partial charge in [-0.15, -0.1) is 0 Å². The zero-order valence-electron chi connectivity index (χ0n) is 10.4. The fourth-order valence-corrected chi connectivity index (χ4v) is 2.42. The Bertz CT molecular complexity index is 567. The topological polar surface area (TPSA) is 38.1 Å². The van der Waals surface area contributed by atoms with Gasteiger partial charge in [0.2, 0.25) is 0 Å². The monoisotopic (exact) mass is 230 g/mol. The number of benzene rings is 1. The van der Waals surface area contributed by atoms with Gasteiger partial charge in [-0.1, -0.05) is 0 Å². The Kier molecular flexibility index (Phi) is 2.44. The summed E-state index contributed by atoms with van der Waals surface area (Å²) in [6.07, 6.45) is 3.15. The summed E-state index contributed by atoms with van der Waals surface area (Å²) in [6.45, 7) is 4.44. The van der Waals surface area contributed by atoms with Gasteiger partial charge in [-0.3, -0.25) is 0 Å². The minimum atomic E-state index is 0.175. The van der Waals surface area contributed by atoms with Crippen LogP contribution in [0.1, 0.15) is 35.8 Å². The third-order valence-corrected chi connectivity index (χ3v) is 3.63. The van der Waals surface area contributed by atoms with Crippen molar-refractivity contribution in [3.8, 4) is 0 Å². The number of nitrogens with zero attached hydrogens (tertiary/aromatic N) is 2. The van der Waals surface area contributed by atoms with Crippen molar-refractivity contribution < 1.29 is 5.11 Å². The molecule has 1 heterocycles. The molecule has 1 saturated carbocycles. The molecule has 0 radical (unpaired) electrons. The summed E-state index contributed by atoms with van der Waals surface area (Å²) in [5.74, 6) is 1.04. The van der Waals surface area contributed by atoms with E-state index in [0.29, 0.717) is 12.5 Å². The molecule has 1 N–H and O–H groups in total. The molecule has 0 unspecified atom stereocenters. The molecule has 1 aromatic carbocycles. The number of aliphatic hydroxyl groups excluding tert-OH is 1. The number of aromatic nitrogens is 2. The highest BCUT2D eigenvalue weighted by Crippen LogP contribution is 2.39. The maximum absolute atomic E-state index is 9.13. The molecular formula is C14H18N2O. The number of aryl methyl sites for hydroxylation is 2. The molecule has 17 heavy (non-hydrogen) atoms. The molecule has 0 saturated heterocycles. The van der Waals surface area contributed by atoms with Gasteiger partial charge >= 0.3 is 0 Å². The average Bonchev–Trinajstić information content (AvgIpc) is 3.05. The van der Waals surface area contributed by atoms with Crippen LogP contribution in [-0.4, -0.2) is 21.3 Å². The maximum Gasteiger partial charge on any atom is 0.112 e. The second-order valence-electron chi connectivity index (χ2n) is 5.03. The van der Waals surface area contributed by atoms with E-state index < -0.39 is 0 Å². The number of imidazole rings is 1. The Labute approximate surface area is 101 Å². The van der Waals surface area contributed by atoms with Crippen molar-refractivity contribution in [2.75, 3.05) is 6.61 Å². The van der Waals surface area contributed by atoms with E-state index in [4.69, 9.17) is 5.11 Å². The van der Waals surface area contributed by atoms with Crippen LogP contribution in [0.5, 0.6) is 0 Å². The van der Waals surface area contributed by atoms with E-state index in [-0.39, 0.29) is 6.61 Å². The lowest BCUT2D eigenvalue weighted by Gasteiger charge is -2.07. The summed E-state index contributed by atoms with van der Waals surface area (Å²) in [5, 5.41) is 9.13. The Morgan fingerprint density at radius 3 is 2.65 bits per heavy atom. The van der Waals surface area contributed by atoms with Gasteiger partial charge < -0.3 is 9.67 Å². The van der Waals surface area contributed by atoms with Crippen LogP contribution in [0.25, 0.3) is 11.0 Å². The van der Waals surface area contributed by atoms with Gasteiger partial charge in [0, 0.05) is 12.5 Å². The molecule has 0 amide bonds. The first-order chi connectivity index (χ1) is 8.20. The third-order valence-electron chi connectivity index (χ3n) is 3.63. The largest absolute Gasteiger partial charge is 0.396 e. The van der Waals surface area contributed by atoms with Crippen LogP contribution in [0.3, 0.4) is 0 Å². The van der Waals surface area contributed by atoms with Crippen molar-refractivity contribution in [1.29, 1.82) is 0 Å². The fraction of sp³-hybridized carbons (Fsp3) is 0.500. The molecule has 3 nitrogen and oxygen atoms in total. The molecule has 0 spiro atoms. The molecule has 1 aliphatic rings. The molecule has 2 aromatic rings. The number of aliphatic hydroxyl groups is 1. The molecule has 1 aliphatic carbocycles. The smallest absolute Gasteiger partial charge is 0.112 e. The van der Waals surface area contributed by atoms with E-state index in [1.807, 2.05) is 0 Å². The van der Waals surface area contributed by atoms with Crippen LogP contribution in [-0.2, 0) is 6.42 Å². The van der Waals surface area contributed by atoms with E-state index >= 15 is 0 Å². The molecule has 0 atom stereocenters. The highest BCUT2D eigenvalue weighted by atomic mass is 16.3. The first kappa shape index (κ1) is 10.8. The standard InChI is InChI=1S/C14H18N2O/c1-9-7-12-13(8-10(9)2)16(11-3-4-11)14(15-12)5-6-17/h7-8,11,17H,3-6H2,1-2H3. The molecule has 0 aliphatic heterocycles. The van der Waals surface area contributed by atoms with Gasteiger partial charge in [0.1, 0.15) is 5.82 Å². The van der Waals surface area contributed by atoms with Crippen LogP contribution in [0.2, 0.25) is 0 Å². The summed E-state index contributed by atoms with van der Waals surface area (Å²) in [4.78, 5) is 4.67. The Hall–Kier alpha value is -1.35. The lowest BCUT2D eigenvalue weighted by molar-refractivity contribution is 0.295. The van der Waals surface area contributed by atoms with Crippen molar-refractivity contribution in [3.05, 3.63) is 29.1 Å². The van der Waals surface area contributed by atoms with Gasteiger partial charge in [0.15, 0.2) is 0 Å². The predicted octanol–water partition coefficient (Wildman–Crippen LogP) is 2.52. The highest BCUT2D eigenvalue weighted by molar-refractivity contribution is 5.78. The second kappa shape index (κ2) is 3.84. The first-order valence-corrected chi connectivity index (χ1v) is 6.29. The fourth-order valence-electron chi connectivity index (χ4n) is 2.42. The number of fused-ring (bicyclic) bond motifs is 1. The van der Waals surface area contributed by atoms with Gasteiger partial charge in [-0.2, -0.15) is 0 Å². The summed E-state index contributed by atoms with van der Waals surface area (Å²) in [5.41, 5.74) is 4.91. The first-order valence-electron chi connectivity index (χ1n) is 6.29. The van der Waals surface area contributed by atoms with E-state index in [1.165, 1.54) is 29.5 Å². The van der Waals surface area contributed by atoms with Crippen molar-refractivity contribution in [2.45, 2.75) is 39.2 Å². The van der Waals surface area contributed by atoms with Gasteiger partial charge in [-0.05, 0) is 49.9 Å². The number of hydrogen-bond acceptors (Lipinski definition) is 2. The molecule has 90 valence electrons. The lowest BCUT2D eigenvalue weighted by Crippen LogP contribution is -2.03. The molecule has 3 rings (SSSR count). The van der Waals surface area contributed by atoms with E-state index in [9.17, 15) is 0 Å². The molecule has 0 bridgehead atoms. The molecule has 1 aromatic heterocycles. The minimum Gasteiger partial charge on any atom is -0.396 e. The van der Waals surface area contributed by atoms with Crippen LogP contribution >= 0.6 is 0 Å². The van der Waals surface area contributed by atoms with Gasteiger partial charge in [-0.25, -0.2) is 4.98 Å². The Morgan fingerprint density at radius 2 is 2.00 bits per heavy atom. The van der Waals surface area contributed by atoms with E-state index in [2.05, 4.69) is 35.5 Å². The van der Waals surface area contributed by atoms with Gasteiger partial charge in [0.05, 0.1) is 17.6 Å². The van der Waals surface area contributed by atoms with E-state index in [0.717, 1.165) is 11.3 Å². The van der Waals surface area contributed by atoms with Crippen LogP contribution in [0, 0.1) is 13.8 Å². The second-order valence-corrected chi connectivity index (χ2v) is 5.03. The van der Waals surface area contributed by atoms with Crippen LogP contribution in [0.15, 0.2) is 12.1 Å². The Morgan fingerprint density at radius 1 is 1.29 bits per heavy atom. The normalized spacial score (nSPS) is 15.7. The van der Waals surface area contributed by atoms with Gasteiger partial charge in [0.25, 0.3) is 0 Å². The van der Waals surface area contributed by atoms with Crippen molar-refractivity contribution in [1.82, 2.24) is 9.55 Å². The number of rotatable bonds is 3. The zero-order valence-corrected chi connectivity index (χ0v) is 10.4. The SMILES string of the molecule is Cc1cc2nc(CCO)n(C3CC3)c2cc1C. The van der Waals surface area contributed by atoms with Crippen LogP contribution in [0.4, 0.5) is 0 Å². The molecule has 1 fully saturated rings. The quantitative estimate of drug-likeness (QED) is 0.879. The summed E-state index contributed by atoms with van der Waals surface area (Å²) >= 11 is 0. The van der Waals surface area contributed by atoms with Crippen molar-refractivity contribution >= 4 is 11.0 Å². The highest BCUT2D eigenvalue weighted by Gasteiger charge is 2.28. The summed E-state index contributed by atoms with van der Waals surface area (Å²) < 4.78 is 2.33. The minimum absolute atomic E-state index is 0.175.